The lowest BCUT2D eigenvalue weighted by Crippen LogP contribution is -2.29. The maximum atomic E-state index is 12.3. The first-order valence-electron chi connectivity index (χ1n) is 8.44. The first-order chi connectivity index (χ1) is 11.9. The molecule has 1 atom stereocenters. The van der Waals surface area contributed by atoms with Gasteiger partial charge in [-0.3, -0.25) is 4.79 Å². The molecule has 0 spiro atoms. The van der Waals surface area contributed by atoms with E-state index in [0.717, 1.165) is 22.4 Å². The minimum atomic E-state index is -0.370. The van der Waals surface area contributed by atoms with Crippen molar-refractivity contribution in [3.63, 3.8) is 0 Å². The average molecular weight is 343 g/mol. The second-order valence-electron chi connectivity index (χ2n) is 6.27. The Hall–Kier alpha value is -2.47. The molecule has 0 aliphatic carbocycles. The summed E-state index contributed by atoms with van der Waals surface area (Å²) in [6.07, 6.45) is 1.27. The van der Waals surface area contributed by atoms with Gasteiger partial charge in [0.05, 0.1) is 6.04 Å². The van der Waals surface area contributed by atoms with Gasteiger partial charge in [-0.05, 0) is 44.7 Å². The minimum absolute atomic E-state index is 0.000875. The quantitative estimate of drug-likeness (QED) is 0.715. The summed E-state index contributed by atoms with van der Waals surface area (Å²) < 4.78 is 0. The van der Waals surface area contributed by atoms with Crippen LogP contribution < -0.4 is 11.0 Å². The zero-order chi connectivity index (χ0) is 18.4. The number of carbonyl (C=O) groups excluding carboxylic acids is 1. The van der Waals surface area contributed by atoms with Gasteiger partial charge in [0.1, 0.15) is 0 Å². The first kappa shape index (κ1) is 18.9. The number of rotatable bonds is 7. The van der Waals surface area contributed by atoms with E-state index in [1.807, 2.05) is 38.1 Å². The first-order valence-corrected chi connectivity index (χ1v) is 8.44. The van der Waals surface area contributed by atoms with Crippen LogP contribution in [0.2, 0.25) is 0 Å². The summed E-state index contributed by atoms with van der Waals surface area (Å²) >= 11 is 0. The number of amides is 1. The van der Waals surface area contributed by atoms with Crippen LogP contribution in [0, 0.1) is 20.8 Å². The van der Waals surface area contributed by atoms with E-state index in [4.69, 9.17) is 0 Å². The molecule has 2 aromatic rings. The molecule has 1 aromatic heterocycles. The Labute approximate surface area is 147 Å². The number of aliphatic hydroxyl groups excluding tert-OH is 1. The highest BCUT2D eigenvalue weighted by atomic mass is 16.3. The molecule has 1 amide bonds. The molecule has 0 saturated carbocycles. The van der Waals surface area contributed by atoms with E-state index in [1.165, 1.54) is 0 Å². The number of hydrogen-bond donors (Lipinski definition) is 3. The molecule has 134 valence electrons. The third-order valence-electron chi connectivity index (χ3n) is 4.29. The number of H-pyrrole nitrogens is 1. The SMILES string of the molecule is Cc1ccc([C@H](CCO)NC(=O)CCc2c(C)nc(=O)[nH]c2C)cc1. The average Bonchev–Trinajstić information content (AvgIpc) is 2.54. The van der Waals surface area contributed by atoms with E-state index < -0.39 is 0 Å². The van der Waals surface area contributed by atoms with Gasteiger partial charge in [0.25, 0.3) is 0 Å². The van der Waals surface area contributed by atoms with E-state index in [1.54, 1.807) is 6.92 Å². The number of benzene rings is 1. The van der Waals surface area contributed by atoms with Gasteiger partial charge in [-0.2, -0.15) is 4.98 Å². The van der Waals surface area contributed by atoms with E-state index in [-0.39, 0.29) is 24.2 Å². The lowest BCUT2D eigenvalue weighted by molar-refractivity contribution is -0.121. The summed E-state index contributed by atoms with van der Waals surface area (Å²) in [5.74, 6) is -0.0935. The van der Waals surface area contributed by atoms with Gasteiger partial charge in [-0.25, -0.2) is 4.79 Å². The van der Waals surface area contributed by atoms with Crippen LogP contribution in [-0.4, -0.2) is 27.6 Å². The van der Waals surface area contributed by atoms with Crippen LogP contribution in [-0.2, 0) is 11.2 Å². The Morgan fingerprint density at radius 3 is 2.52 bits per heavy atom. The van der Waals surface area contributed by atoms with Crippen LogP contribution >= 0.6 is 0 Å². The Morgan fingerprint density at radius 2 is 1.92 bits per heavy atom. The highest BCUT2D eigenvalue weighted by molar-refractivity contribution is 5.76. The van der Waals surface area contributed by atoms with Crippen molar-refractivity contribution in [3.05, 3.63) is 62.8 Å². The molecule has 6 nitrogen and oxygen atoms in total. The lowest BCUT2D eigenvalue weighted by atomic mass is 10.0. The standard InChI is InChI=1S/C19H25N3O3/c1-12-4-6-15(7-5-12)17(10-11-23)22-18(24)9-8-16-13(2)20-19(25)21-14(16)3/h4-7,17,23H,8-11H2,1-3H3,(H,22,24)(H,20,21,25)/t17-/m0/s1. The summed E-state index contributed by atoms with van der Waals surface area (Å²) in [5.41, 5.74) is 4.05. The number of aromatic amines is 1. The number of aromatic nitrogens is 2. The van der Waals surface area contributed by atoms with E-state index in [2.05, 4.69) is 15.3 Å². The van der Waals surface area contributed by atoms with Crippen molar-refractivity contribution in [1.29, 1.82) is 0 Å². The molecule has 3 N–H and O–H groups in total. The van der Waals surface area contributed by atoms with E-state index in [0.29, 0.717) is 25.0 Å². The predicted molar refractivity (Wildman–Crippen MR) is 96.4 cm³/mol. The molecule has 1 heterocycles. The highest BCUT2D eigenvalue weighted by Gasteiger charge is 2.15. The molecular weight excluding hydrogens is 318 g/mol. The number of hydrogen-bond acceptors (Lipinski definition) is 4. The summed E-state index contributed by atoms with van der Waals surface area (Å²) in [4.78, 5) is 30.2. The van der Waals surface area contributed by atoms with Crippen LogP contribution in [0.15, 0.2) is 29.1 Å². The summed E-state index contributed by atoms with van der Waals surface area (Å²) in [6, 6.07) is 7.70. The van der Waals surface area contributed by atoms with E-state index >= 15 is 0 Å². The molecule has 0 saturated heterocycles. The van der Waals surface area contributed by atoms with Gasteiger partial charge in [0.15, 0.2) is 0 Å². The van der Waals surface area contributed by atoms with Crippen LogP contribution in [0.4, 0.5) is 0 Å². The smallest absolute Gasteiger partial charge is 0.345 e. The maximum Gasteiger partial charge on any atom is 0.345 e. The fourth-order valence-electron chi connectivity index (χ4n) is 2.88. The Balaban J connectivity index is 2.02. The Kier molecular flexibility index (Phi) is 6.47. The van der Waals surface area contributed by atoms with Gasteiger partial charge in [-0.1, -0.05) is 29.8 Å². The molecule has 6 heteroatoms. The predicted octanol–water partition coefficient (Wildman–Crippen LogP) is 1.87. The maximum absolute atomic E-state index is 12.3. The molecule has 0 unspecified atom stereocenters. The molecule has 0 fully saturated rings. The molecule has 1 aromatic carbocycles. The zero-order valence-electron chi connectivity index (χ0n) is 14.9. The topological polar surface area (TPSA) is 95.1 Å². The van der Waals surface area contributed by atoms with Crippen molar-refractivity contribution in [2.75, 3.05) is 6.61 Å². The van der Waals surface area contributed by atoms with Crippen LogP contribution in [0.3, 0.4) is 0 Å². The molecule has 2 rings (SSSR count). The fourth-order valence-corrected chi connectivity index (χ4v) is 2.88. The number of carbonyl (C=O) groups is 1. The largest absolute Gasteiger partial charge is 0.396 e. The van der Waals surface area contributed by atoms with Crippen molar-refractivity contribution in [1.82, 2.24) is 15.3 Å². The molecule has 0 radical (unpaired) electrons. The number of aryl methyl sites for hydroxylation is 3. The van der Waals surface area contributed by atoms with Crippen LogP contribution in [0.1, 0.15) is 47.0 Å². The molecule has 25 heavy (non-hydrogen) atoms. The monoisotopic (exact) mass is 343 g/mol. The van der Waals surface area contributed by atoms with Crippen molar-refractivity contribution in [3.8, 4) is 0 Å². The third-order valence-corrected chi connectivity index (χ3v) is 4.29. The summed E-state index contributed by atoms with van der Waals surface area (Å²) in [5, 5.41) is 12.3. The van der Waals surface area contributed by atoms with Crippen LogP contribution in [0.25, 0.3) is 0 Å². The molecular formula is C19H25N3O3. The number of nitrogens with one attached hydrogen (secondary N) is 2. The fraction of sp³-hybridized carbons (Fsp3) is 0.421. The second-order valence-corrected chi connectivity index (χ2v) is 6.27. The second kappa shape index (κ2) is 8.58. The molecule has 0 bridgehead atoms. The van der Waals surface area contributed by atoms with Gasteiger partial charge in [-0.15, -0.1) is 0 Å². The van der Waals surface area contributed by atoms with Crippen molar-refractivity contribution >= 4 is 5.91 Å². The van der Waals surface area contributed by atoms with E-state index in [9.17, 15) is 14.7 Å². The van der Waals surface area contributed by atoms with Gasteiger partial charge in [0, 0.05) is 24.4 Å². The summed E-state index contributed by atoms with van der Waals surface area (Å²) in [6.45, 7) is 5.59. The van der Waals surface area contributed by atoms with Crippen molar-refractivity contribution < 1.29 is 9.90 Å². The van der Waals surface area contributed by atoms with Crippen molar-refractivity contribution in [2.45, 2.75) is 46.1 Å². The molecule has 0 aliphatic heterocycles. The minimum Gasteiger partial charge on any atom is -0.396 e. The summed E-state index contributed by atoms with van der Waals surface area (Å²) in [7, 11) is 0. The van der Waals surface area contributed by atoms with Crippen molar-refractivity contribution in [2.24, 2.45) is 0 Å². The third kappa shape index (κ3) is 5.26. The number of aliphatic hydroxyl groups is 1. The number of nitrogens with zero attached hydrogens (tertiary/aromatic N) is 1. The lowest BCUT2D eigenvalue weighted by Gasteiger charge is -2.19. The van der Waals surface area contributed by atoms with Gasteiger partial charge < -0.3 is 15.4 Å². The molecule has 0 aliphatic rings. The highest BCUT2D eigenvalue weighted by Crippen LogP contribution is 2.18. The normalized spacial score (nSPS) is 12.0. The Bertz CT molecular complexity index is 755. The van der Waals surface area contributed by atoms with Gasteiger partial charge >= 0.3 is 5.69 Å². The van der Waals surface area contributed by atoms with Gasteiger partial charge in [0.2, 0.25) is 5.91 Å². The zero-order valence-corrected chi connectivity index (χ0v) is 14.9. The van der Waals surface area contributed by atoms with Crippen LogP contribution in [0.5, 0.6) is 0 Å². The Morgan fingerprint density at radius 1 is 1.24 bits per heavy atom.